The maximum atomic E-state index is 13.4. The number of piperidine rings is 2. The van der Waals surface area contributed by atoms with E-state index in [1.165, 1.54) is 31.4 Å². The fourth-order valence-corrected chi connectivity index (χ4v) is 4.82. The van der Waals surface area contributed by atoms with Crippen LogP contribution in [0.2, 0.25) is 5.02 Å². The third-order valence-electron chi connectivity index (χ3n) is 4.62. The Morgan fingerprint density at radius 2 is 1.95 bits per heavy atom. The molecule has 0 aromatic heterocycles. The van der Waals surface area contributed by atoms with E-state index >= 15 is 0 Å². The summed E-state index contributed by atoms with van der Waals surface area (Å²) in [5.41, 5.74) is 0.970. The number of halogens is 3. The van der Waals surface area contributed by atoms with Gasteiger partial charge in [-0.25, -0.2) is 4.39 Å². The minimum absolute atomic E-state index is 0.291. The van der Waals surface area contributed by atoms with Gasteiger partial charge in [0, 0.05) is 22.6 Å². The number of hydrogen-bond acceptors (Lipinski definition) is 2. The first-order chi connectivity index (χ1) is 9.60. The first-order valence-corrected chi connectivity index (χ1v) is 8.37. The summed E-state index contributed by atoms with van der Waals surface area (Å²) in [6.45, 7) is 0. The predicted octanol–water partition coefficient (Wildman–Crippen LogP) is 4.35. The molecule has 2 aliphatic heterocycles. The average Bonchev–Trinajstić information content (AvgIpc) is 2.36. The van der Waals surface area contributed by atoms with E-state index in [1.54, 1.807) is 0 Å². The molecule has 0 radical (unpaired) electrons. The van der Waals surface area contributed by atoms with E-state index in [0.29, 0.717) is 23.1 Å². The van der Waals surface area contributed by atoms with E-state index in [0.717, 1.165) is 23.0 Å². The highest BCUT2D eigenvalue weighted by Gasteiger charge is 2.39. The molecule has 3 rings (SSSR count). The number of rotatable bonds is 2. The predicted molar refractivity (Wildman–Crippen MR) is 85.1 cm³/mol. The number of benzene rings is 1. The summed E-state index contributed by atoms with van der Waals surface area (Å²) in [6, 6.07) is 4.51. The maximum Gasteiger partial charge on any atom is 0.125 e. The molecule has 2 unspecified atom stereocenters. The molecule has 1 N–H and O–H groups in total. The Kier molecular flexibility index (Phi) is 4.25. The molecule has 0 aliphatic carbocycles. The van der Waals surface area contributed by atoms with Crippen molar-refractivity contribution in [2.45, 2.75) is 50.2 Å². The Hall–Kier alpha value is -0.320. The highest BCUT2D eigenvalue weighted by atomic mass is 79.9. The molecular formula is C15H19BrClFN2. The Morgan fingerprint density at radius 3 is 2.50 bits per heavy atom. The van der Waals surface area contributed by atoms with Gasteiger partial charge >= 0.3 is 0 Å². The molecule has 2 heterocycles. The Morgan fingerprint density at radius 1 is 1.30 bits per heavy atom. The normalized spacial score (nSPS) is 29.6. The zero-order valence-corrected chi connectivity index (χ0v) is 13.8. The van der Waals surface area contributed by atoms with E-state index in [9.17, 15) is 4.39 Å². The fourth-order valence-electron chi connectivity index (χ4n) is 3.76. The van der Waals surface area contributed by atoms with Crippen molar-refractivity contribution in [1.29, 1.82) is 0 Å². The molecule has 0 amide bonds. The largest absolute Gasteiger partial charge is 0.363 e. The van der Waals surface area contributed by atoms with Crippen LogP contribution < -0.4 is 10.2 Å². The summed E-state index contributed by atoms with van der Waals surface area (Å²) >= 11 is 9.81. The van der Waals surface area contributed by atoms with Crippen molar-refractivity contribution in [2.75, 3.05) is 11.9 Å². The van der Waals surface area contributed by atoms with Gasteiger partial charge in [0.1, 0.15) is 5.82 Å². The Bertz CT molecular complexity index is 474. The molecule has 2 atom stereocenters. The van der Waals surface area contributed by atoms with E-state index in [4.69, 9.17) is 11.6 Å². The molecule has 0 spiro atoms. The average molecular weight is 362 g/mol. The standard InChI is InChI=1S/C15H19BrClFN2/c1-19-10-7-11-3-2-4-12(8-10)20(11)15-13(16)5-9(18)6-14(15)17/h5-6,10-12,19H,2-4,7-8H2,1H3. The van der Waals surface area contributed by atoms with Crippen molar-refractivity contribution in [3.8, 4) is 0 Å². The van der Waals surface area contributed by atoms with E-state index in [2.05, 4.69) is 26.1 Å². The molecule has 1 aromatic carbocycles. The lowest BCUT2D eigenvalue weighted by Crippen LogP contribution is -2.56. The minimum atomic E-state index is -0.291. The number of hydrogen-bond donors (Lipinski definition) is 1. The number of nitrogens with zero attached hydrogens (tertiary/aromatic N) is 1. The minimum Gasteiger partial charge on any atom is -0.363 e. The van der Waals surface area contributed by atoms with Crippen LogP contribution in [0.1, 0.15) is 32.1 Å². The molecule has 1 aromatic rings. The van der Waals surface area contributed by atoms with Gasteiger partial charge in [-0.2, -0.15) is 0 Å². The maximum absolute atomic E-state index is 13.4. The topological polar surface area (TPSA) is 15.3 Å². The Balaban J connectivity index is 1.98. The van der Waals surface area contributed by atoms with Crippen molar-refractivity contribution in [3.05, 3.63) is 27.4 Å². The summed E-state index contributed by atoms with van der Waals surface area (Å²) in [7, 11) is 2.04. The molecule has 0 saturated carbocycles. The molecule has 20 heavy (non-hydrogen) atoms. The van der Waals surface area contributed by atoms with Crippen molar-refractivity contribution in [3.63, 3.8) is 0 Å². The molecule has 2 fully saturated rings. The van der Waals surface area contributed by atoms with Gasteiger partial charge in [0.05, 0.1) is 10.7 Å². The molecule has 2 aliphatic rings. The van der Waals surface area contributed by atoms with Crippen molar-refractivity contribution in [2.24, 2.45) is 0 Å². The van der Waals surface area contributed by atoms with E-state index < -0.39 is 0 Å². The fraction of sp³-hybridized carbons (Fsp3) is 0.600. The van der Waals surface area contributed by atoms with Gasteiger partial charge in [-0.05, 0) is 67.2 Å². The first-order valence-electron chi connectivity index (χ1n) is 7.20. The van der Waals surface area contributed by atoms with Gasteiger partial charge in [0.2, 0.25) is 0 Å². The van der Waals surface area contributed by atoms with Crippen molar-refractivity contribution in [1.82, 2.24) is 5.32 Å². The van der Waals surface area contributed by atoms with Gasteiger partial charge in [0.25, 0.3) is 0 Å². The van der Waals surface area contributed by atoms with Crippen LogP contribution in [0, 0.1) is 5.82 Å². The molecule has 5 heteroatoms. The lowest BCUT2D eigenvalue weighted by molar-refractivity contribution is 0.252. The monoisotopic (exact) mass is 360 g/mol. The van der Waals surface area contributed by atoms with Crippen molar-refractivity contribution < 1.29 is 4.39 Å². The molecular weight excluding hydrogens is 343 g/mol. The zero-order valence-electron chi connectivity index (χ0n) is 11.5. The summed E-state index contributed by atoms with van der Waals surface area (Å²) in [6.07, 6.45) is 5.92. The van der Waals surface area contributed by atoms with Crippen LogP contribution in [0.4, 0.5) is 10.1 Å². The summed E-state index contributed by atoms with van der Waals surface area (Å²) in [5, 5.41) is 3.92. The number of anilines is 1. The summed E-state index contributed by atoms with van der Waals surface area (Å²) in [5.74, 6) is -0.291. The highest BCUT2D eigenvalue weighted by Crippen LogP contribution is 2.44. The molecule has 2 bridgehead atoms. The van der Waals surface area contributed by atoms with Gasteiger partial charge < -0.3 is 10.2 Å². The van der Waals surface area contributed by atoms with E-state index in [1.807, 2.05) is 7.05 Å². The van der Waals surface area contributed by atoms with Crippen LogP contribution in [0.5, 0.6) is 0 Å². The molecule has 2 saturated heterocycles. The van der Waals surface area contributed by atoms with Crippen LogP contribution in [0.25, 0.3) is 0 Å². The third-order valence-corrected chi connectivity index (χ3v) is 5.52. The van der Waals surface area contributed by atoms with Crippen LogP contribution in [-0.2, 0) is 0 Å². The van der Waals surface area contributed by atoms with Crippen LogP contribution in [-0.4, -0.2) is 25.2 Å². The van der Waals surface area contributed by atoms with E-state index in [-0.39, 0.29) is 5.82 Å². The van der Waals surface area contributed by atoms with Gasteiger partial charge in [-0.3, -0.25) is 0 Å². The second kappa shape index (κ2) is 5.82. The highest BCUT2D eigenvalue weighted by molar-refractivity contribution is 9.10. The van der Waals surface area contributed by atoms with Crippen LogP contribution in [0.3, 0.4) is 0 Å². The molecule has 110 valence electrons. The smallest absolute Gasteiger partial charge is 0.125 e. The summed E-state index contributed by atoms with van der Waals surface area (Å²) in [4.78, 5) is 2.43. The molecule has 2 nitrogen and oxygen atoms in total. The second-order valence-electron chi connectivity index (χ2n) is 5.82. The number of fused-ring (bicyclic) bond motifs is 2. The third kappa shape index (κ3) is 2.58. The SMILES string of the molecule is CNC1CC2CCCC(C1)N2c1c(Cl)cc(F)cc1Br. The zero-order chi connectivity index (χ0) is 14.3. The summed E-state index contributed by atoms with van der Waals surface area (Å²) < 4.78 is 14.2. The lowest BCUT2D eigenvalue weighted by atomic mass is 9.81. The quantitative estimate of drug-likeness (QED) is 0.842. The van der Waals surface area contributed by atoms with Crippen LogP contribution in [0.15, 0.2) is 16.6 Å². The van der Waals surface area contributed by atoms with Crippen LogP contribution >= 0.6 is 27.5 Å². The number of nitrogens with one attached hydrogen (secondary N) is 1. The van der Waals surface area contributed by atoms with Gasteiger partial charge in [0.15, 0.2) is 0 Å². The van der Waals surface area contributed by atoms with Crippen molar-refractivity contribution >= 4 is 33.2 Å². The van der Waals surface area contributed by atoms with Gasteiger partial charge in [-0.1, -0.05) is 11.6 Å². The lowest BCUT2D eigenvalue weighted by Gasteiger charge is -2.50. The first kappa shape index (κ1) is 14.6. The Labute approximate surface area is 132 Å². The second-order valence-corrected chi connectivity index (χ2v) is 7.08. The van der Waals surface area contributed by atoms with Gasteiger partial charge in [-0.15, -0.1) is 0 Å².